The number of hydrogen-bond donors (Lipinski definition) is 0. The van der Waals surface area contributed by atoms with E-state index in [1.807, 2.05) is 6.92 Å². The smallest absolute Gasteiger partial charge is 0.306 e. The molecule has 1 aliphatic carbocycles. The van der Waals surface area contributed by atoms with Crippen molar-refractivity contribution in [1.82, 2.24) is 10.1 Å². The van der Waals surface area contributed by atoms with Crippen LogP contribution in [0.3, 0.4) is 0 Å². The molecule has 1 fully saturated rings. The van der Waals surface area contributed by atoms with Gasteiger partial charge in [0.25, 0.3) is 5.89 Å². The van der Waals surface area contributed by atoms with Crippen molar-refractivity contribution in [2.75, 3.05) is 0 Å². The maximum absolute atomic E-state index is 11.3. The molecular weight excluding hydrogens is 208 g/mol. The number of rotatable bonds is 5. The Hall–Kier alpha value is -1.39. The van der Waals surface area contributed by atoms with Crippen LogP contribution in [0.15, 0.2) is 4.52 Å². The molecule has 0 unspecified atom stereocenters. The van der Waals surface area contributed by atoms with Crippen LogP contribution in [0.5, 0.6) is 0 Å². The SMILES string of the molecule is CCCC(=O)O[C@H](C)c1nc(C2CC2)no1. The Balaban J connectivity index is 1.91. The average Bonchev–Trinajstić information content (AvgIpc) is 2.96. The number of nitrogens with zero attached hydrogens (tertiary/aromatic N) is 2. The molecule has 0 N–H and O–H groups in total. The maximum atomic E-state index is 11.3. The summed E-state index contributed by atoms with van der Waals surface area (Å²) in [6, 6.07) is 0. The molecule has 1 aromatic rings. The van der Waals surface area contributed by atoms with Gasteiger partial charge in [0, 0.05) is 12.3 Å². The first-order chi connectivity index (χ1) is 7.70. The van der Waals surface area contributed by atoms with Crippen molar-refractivity contribution in [2.45, 2.75) is 51.6 Å². The lowest BCUT2D eigenvalue weighted by molar-refractivity contribution is -0.149. The lowest BCUT2D eigenvalue weighted by Crippen LogP contribution is -2.08. The highest BCUT2D eigenvalue weighted by Crippen LogP contribution is 2.38. The number of esters is 1. The van der Waals surface area contributed by atoms with E-state index in [0.29, 0.717) is 18.2 Å². The Kier molecular flexibility index (Phi) is 3.22. The fourth-order valence-electron chi connectivity index (χ4n) is 1.43. The Labute approximate surface area is 94.2 Å². The molecule has 0 spiro atoms. The first kappa shape index (κ1) is 11.1. The molecule has 0 saturated heterocycles. The second kappa shape index (κ2) is 4.63. The first-order valence-corrected chi connectivity index (χ1v) is 5.73. The van der Waals surface area contributed by atoms with Gasteiger partial charge in [-0.1, -0.05) is 12.1 Å². The van der Waals surface area contributed by atoms with E-state index in [4.69, 9.17) is 9.26 Å². The van der Waals surface area contributed by atoms with Gasteiger partial charge in [-0.2, -0.15) is 4.98 Å². The molecule has 0 bridgehead atoms. The quantitative estimate of drug-likeness (QED) is 0.718. The van der Waals surface area contributed by atoms with Gasteiger partial charge in [-0.05, 0) is 26.2 Å². The standard InChI is InChI=1S/C11H16N2O3/c1-3-4-9(14)15-7(2)11-12-10(13-16-11)8-5-6-8/h7-8H,3-6H2,1-2H3/t7-/m1/s1. The van der Waals surface area contributed by atoms with E-state index < -0.39 is 6.10 Å². The normalized spacial score (nSPS) is 17.1. The molecule has 0 aromatic carbocycles. The van der Waals surface area contributed by atoms with Crippen molar-refractivity contribution in [3.63, 3.8) is 0 Å². The van der Waals surface area contributed by atoms with Crippen molar-refractivity contribution in [1.29, 1.82) is 0 Å². The van der Waals surface area contributed by atoms with E-state index >= 15 is 0 Å². The monoisotopic (exact) mass is 224 g/mol. The minimum Gasteiger partial charge on any atom is -0.453 e. The molecule has 0 radical (unpaired) electrons. The average molecular weight is 224 g/mol. The van der Waals surface area contributed by atoms with Crippen LogP contribution in [-0.4, -0.2) is 16.1 Å². The summed E-state index contributed by atoms with van der Waals surface area (Å²) in [7, 11) is 0. The van der Waals surface area contributed by atoms with Crippen molar-refractivity contribution in [3.8, 4) is 0 Å². The lowest BCUT2D eigenvalue weighted by atomic mass is 10.3. The van der Waals surface area contributed by atoms with Gasteiger partial charge in [0.1, 0.15) is 0 Å². The van der Waals surface area contributed by atoms with Crippen LogP contribution in [-0.2, 0) is 9.53 Å². The summed E-state index contributed by atoms with van der Waals surface area (Å²) in [4.78, 5) is 15.5. The Morgan fingerprint density at radius 1 is 1.62 bits per heavy atom. The van der Waals surface area contributed by atoms with Crippen molar-refractivity contribution in [2.24, 2.45) is 0 Å². The maximum Gasteiger partial charge on any atom is 0.306 e. The summed E-state index contributed by atoms with van der Waals surface area (Å²) in [6.07, 6.45) is 3.02. The second-order valence-corrected chi connectivity index (χ2v) is 4.15. The zero-order chi connectivity index (χ0) is 11.5. The molecule has 88 valence electrons. The molecule has 1 aliphatic rings. The van der Waals surface area contributed by atoms with Crippen LogP contribution in [0.1, 0.15) is 63.3 Å². The van der Waals surface area contributed by atoms with Crippen molar-refractivity contribution in [3.05, 3.63) is 11.7 Å². The number of carbonyl (C=O) groups excluding carboxylic acids is 1. The number of aromatic nitrogens is 2. The zero-order valence-electron chi connectivity index (χ0n) is 9.60. The fourth-order valence-corrected chi connectivity index (χ4v) is 1.43. The molecule has 1 atom stereocenters. The van der Waals surface area contributed by atoms with Crippen LogP contribution < -0.4 is 0 Å². The van der Waals surface area contributed by atoms with Gasteiger partial charge in [-0.3, -0.25) is 4.79 Å². The fraction of sp³-hybridized carbons (Fsp3) is 0.727. The summed E-state index contributed by atoms with van der Waals surface area (Å²) < 4.78 is 10.2. The van der Waals surface area contributed by atoms with Crippen molar-refractivity contribution < 1.29 is 14.1 Å². The first-order valence-electron chi connectivity index (χ1n) is 5.73. The summed E-state index contributed by atoms with van der Waals surface area (Å²) in [5.74, 6) is 1.37. The Morgan fingerprint density at radius 3 is 3.00 bits per heavy atom. The molecule has 1 heterocycles. The topological polar surface area (TPSA) is 65.2 Å². The molecule has 1 saturated carbocycles. The lowest BCUT2D eigenvalue weighted by Gasteiger charge is -2.07. The summed E-state index contributed by atoms with van der Waals surface area (Å²) in [5.41, 5.74) is 0. The highest BCUT2D eigenvalue weighted by Gasteiger charge is 2.30. The molecule has 5 nitrogen and oxygen atoms in total. The van der Waals surface area contributed by atoms with E-state index in [1.165, 1.54) is 0 Å². The number of ether oxygens (including phenoxy) is 1. The van der Waals surface area contributed by atoms with E-state index in [9.17, 15) is 4.79 Å². The number of hydrogen-bond acceptors (Lipinski definition) is 5. The molecule has 2 rings (SSSR count). The molecule has 0 amide bonds. The van der Waals surface area contributed by atoms with Gasteiger partial charge >= 0.3 is 5.97 Å². The molecule has 16 heavy (non-hydrogen) atoms. The van der Waals surface area contributed by atoms with E-state index in [-0.39, 0.29) is 5.97 Å². The van der Waals surface area contributed by atoms with Crippen LogP contribution in [0.4, 0.5) is 0 Å². The third kappa shape index (κ3) is 2.59. The molecule has 5 heteroatoms. The van der Waals surface area contributed by atoms with Gasteiger partial charge < -0.3 is 9.26 Å². The van der Waals surface area contributed by atoms with Gasteiger partial charge in [0.15, 0.2) is 11.9 Å². The minimum atomic E-state index is -0.445. The summed E-state index contributed by atoms with van der Waals surface area (Å²) in [6.45, 7) is 3.68. The third-order valence-electron chi connectivity index (χ3n) is 2.51. The van der Waals surface area contributed by atoms with Crippen LogP contribution in [0, 0.1) is 0 Å². The predicted octanol–water partition coefficient (Wildman–Crippen LogP) is 2.35. The van der Waals surface area contributed by atoms with Gasteiger partial charge in [0.2, 0.25) is 0 Å². The highest BCUT2D eigenvalue weighted by atomic mass is 16.6. The largest absolute Gasteiger partial charge is 0.453 e. The molecule has 0 aliphatic heterocycles. The molecular formula is C11H16N2O3. The minimum absolute atomic E-state index is 0.221. The van der Waals surface area contributed by atoms with Crippen molar-refractivity contribution >= 4 is 5.97 Å². The Morgan fingerprint density at radius 2 is 2.38 bits per heavy atom. The summed E-state index contributed by atoms with van der Waals surface area (Å²) in [5, 5.41) is 3.88. The third-order valence-corrected chi connectivity index (χ3v) is 2.51. The predicted molar refractivity (Wildman–Crippen MR) is 55.7 cm³/mol. The Bertz CT molecular complexity index is 371. The number of carbonyl (C=O) groups is 1. The second-order valence-electron chi connectivity index (χ2n) is 4.15. The van der Waals surface area contributed by atoms with Gasteiger partial charge in [-0.25, -0.2) is 0 Å². The zero-order valence-corrected chi connectivity index (χ0v) is 9.60. The van der Waals surface area contributed by atoms with Crippen LogP contribution >= 0.6 is 0 Å². The molecule has 1 aromatic heterocycles. The highest BCUT2D eigenvalue weighted by molar-refractivity contribution is 5.69. The van der Waals surface area contributed by atoms with E-state index in [2.05, 4.69) is 10.1 Å². The van der Waals surface area contributed by atoms with Crippen LogP contribution in [0.2, 0.25) is 0 Å². The van der Waals surface area contributed by atoms with E-state index in [1.54, 1.807) is 6.92 Å². The van der Waals surface area contributed by atoms with Gasteiger partial charge in [-0.15, -0.1) is 0 Å². The van der Waals surface area contributed by atoms with Crippen LogP contribution in [0.25, 0.3) is 0 Å². The van der Waals surface area contributed by atoms with Gasteiger partial charge in [0.05, 0.1) is 0 Å². The van der Waals surface area contributed by atoms with E-state index in [0.717, 1.165) is 25.1 Å². The summed E-state index contributed by atoms with van der Waals surface area (Å²) >= 11 is 0.